The molecule has 0 heterocycles. The highest BCUT2D eigenvalue weighted by molar-refractivity contribution is 7.86. The van der Waals surface area contributed by atoms with Gasteiger partial charge in [-0.15, -0.1) is 0 Å². The lowest BCUT2D eigenvalue weighted by atomic mass is 10.4. The highest BCUT2D eigenvalue weighted by atomic mass is 32.2. The zero-order valence-electron chi connectivity index (χ0n) is 11.6. The van der Waals surface area contributed by atoms with Crippen LogP contribution >= 0.6 is 0 Å². The molecule has 0 unspecified atom stereocenters. The number of likely N-dealkylation sites (N-methyl/N-ethyl adjacent to an activating group) is 1. The molecule has 0 atom stereocenters. The van der Waals surface area contributed by atoms with Gasteiger partial charge in [-0.25, -0.2) is 0 Å². The topological polar surface area (TPSA) is 73.9 Å². The summed E-state index contributed by atoms with van der Waals surface area (Å²) in [6.07, 6.45) is 0. The molecule has 7 heteroatoms. The predicted molar refractivity (Wildman–Crippen MR) is 75.1 cm³/mol. The molecule has 0 radical (unpaired) electrons. The van der Waals surface area contributed by atoms with E-state index in [1.807, 2.05) is 7.05 Å². The van der Waals surface area contributed by atoms with E-state index in [4.69, 9.17) is 13.7 Å². The van der Waals surface area contributed by atoms with Gasteiger partial charge in [0, 0.05) is 6.54 Å². The van der Waals surface area contributed by atoms with E-state index in [1.165, 1.54) is 12.1 Å². The molecule has 1 N–H and O–H groups in total. The van der Waals surface area contributed by atoms with Crippen LogP contribution < -0.4 is 5.32 Å². The molecule has 0 aliphatic rings. The van der Waals surface area contributed by atoms with Gasteiger partial charge in [-0.3, -0.25) is 4.18 Å². The molecule has 1 rings (SSSR count). The SMILES string of the molecule is CNCCOCCOCCOS(=O)(=O)c1ccccc1. The lowest BCUT2D eigenvalue weighted by Gasteiger charge is -2.07. The molecule has 0 aliphatic heterocycles. The lowest BCUT2D eigenvalue weighted by Crippen LogP contribution is -2.17. The van der Waals surface area contributed by atoms with Gasteiger partial charge in [-0.2, -0.15) is 8.42 Å². The molecule has 114 valence electrons. The van der Waals surface area contributed by atoms with E-state index < -0.39 is 10.1 Å². The van der Waals surface area contributed by atoms with Crippen molar-refractivity contribution in [1.82, 2.24) is 5.32 Å². The molecular weight excluding hydrogens is 282 g/mol. The maximum Gasteiger partial charge on any atom is 0.297 e. The van der Waals surface area contributed by atoms with Gasteiger partial charge < -0.3 is 14.8 Å². The van der Waals surface area contributed by atoms with Crippen molar-refractivity contribution >= 4 is 10.1 Å². The molecule has 1 aromatic carbocycles. The van der Waals surface area contributed by atoms with Crippen LogP contribution in [0, 0.1) is 0 Å². The molecule has 1 aromatic rings. The molecule has 0 saturated heterocycles. The minimum Gasteiger partial charge on any atom is -0.378 e. The maximum atomic E-state index is 11.7. The summed E-state index contributed by atoms with van der Waals surface area (Å²) in [5, 5.41) is 2.96. The fourth-order valence-corrected chi connectivity index (χ4v) is 2.27. The van der Waals surface area contributed by atoms with E-state index >= 15 is 0 Å². The molecule has 0 aliphatic carbocycles. The smallest absolute Gasteiger partial charge is 0.297 e. The normalized spacial score (nSPS) is 11.7. The third-order valence-corrected chi connectivity index (χ3v) is 3.69. The Balaban J connectivity index is 2.09. The second-order valence-electron chi connectivity index (χ2n) is 3.92. The third kappa shape index (κ3) is 6.97. The zero-order chi connectivity index (χ0) is 14.7. The van der Waals surface area contributed by atoms with Crippen molar-refractivity contribution in [3.8, 4) is 0 Å². The number of nitrogens with one attached hydrogen (secondary N) is 1. The Labute approximate surface area is 120 Å². The van der Waals surface area contributed by atoms with E-state index in [0.29, 0.717) is 19.8 Å². The van der Waals surface area contributed by atoms with Crippen LogP contribution in [-0.2, 0) is 23.8 Å². The zero-order valence-corrected chi connectivity index (χ0v) is 12.4. The number of hydrogen-bond acceptors (Lipinski definition) is 6. The number of benzene rings is 1. The van der Waals surface area contributed by atoms with Crippen molar-refractivity contribution in [3.63, 3.8) is 0 Å². The van der Waals surface area contributed by atoms with E-state index in [-0.39, 0.29) is 18.1 Å². The number of ether oxygens (including phenoxy) is 2. The van der Waals surface area contributed by atoms with E-state index in [2.05, 4.69) is 5.32 Å². The Hall–Kier alpha value is -0.990. The van der Waals surface area contributed by atoms with Crippen molar-refractivity contribution in [2.75, 3.05) is 46.6 Å². The van der Waals surface area contributed by atoms with Crippen molar-refractivity contribution in [1.29, 1.82) is 0 Å². The first-order valence-corrected chi connectivity index (χ1v) is 7.82. The molecule has 0 spiro atoms. The third-order valence-electron chi connectivity index (χ3n) is 2.37. The molecule has 20 heavy (non-hydrogen) atoms. The van der Waals surface area contributed by atoms with Gasteiger partial charge in [0.05, 0.1) is 37.9 Å². The van der Waals surface area contributed by atoms with Crippen LogP contribution in [-0.4, -0.2) is 55.0 Å². The first-order valence-electron chi connectivity index (χ1n) is 6.41. The molecular formula is C13H21NO5S. The van der Waals surface area contributed by atoms with Crippen LogP contribution in [0.1, 0.15) is 0 Å². The second-order valence-corrected chi connectivity index (χ2v) is 5.53. The van der Waals surface area contributed by atoms with Crippen LogP contribution in [0.2, 0.25) is 0 Å². The van der Waals surface area contributed by atoms with E-state index in [0.717, 1.165) is 6.54 Å². The summed E-state index contributed by atoms with van der Waals surface area (Å²) in [4.78, 5) is 0.149. The highest BCUT2D eigenvalue weighted by Gasteiger charge is 2.13. The largest absolute Gasteiger partial charge is 0.378 e. The maximum absolute atomic E-state index is 11.7. The van der Waals surface area contributed by atoms with E-state index in [1.54, 1.807) is 18.2 Å². The molecule has 0 amide bonds. The van der Waals surface area contributed by atoms with Gasteiger partial charge >= 0.3 is 0 Å². The van der Waals surface area contributed by atoms with Crippen molar-refractivity contribution in [2.45, 2.75) is 4.90 Å². The Kier molecular flexibility index (Phi) is 8.40. The summed E-state index contributed by atoms with van der Waals surface area (Å²) < 4.78 is 38.8. The fraction of sp³-hybridized carbons (Fsp3) is 0.538. The number of hydrogen-bond donors (Lipinski definition) is 1. The van der Waals surface area contributed by atoms with Crippen molar-refractivity contribution in [3.05, 3.63) is 30.3 Å². The van der Waals surface area contributed by atoms with Gasteiger partial charge in [0.1, 0.15) is 0 Å². The minimum absolute atomic E-state index is 0.00621. The van der Waals surface area contributed by atoms with Gasteiger partial charge in [0.15, 0.2) is 0 Å². The standard InChI is InChI=1S/C13H21NO5S/c1-14-7-8-17-9-10-18-11-12-19-20(15,16)13-5-3-2-4-6-13/h2-6,14H,7-12H2,1H3. The summed E-state index contributed by atoms with van der Waals surface area (Å²) in [5.74, 6) is 0. The first kappa shape index (κ1) is 17.1. The molecule has 6 nitrogen and oxygen atoms in total. The average molecular weight is 303 g/mol. The molecule has 0 aromatic heterocycles. The van der Waals surface area contributed by atoms with Gasteiger partial charge in [0.25, 0.3) is 10.1 Å². The van der Waals surface area contributed by atoms with Gasteiger partial charge in [-0.05, 0) is 19.2 Å². The van der Waals surface area contributed by atoms with Crippen LogP contribution in [0.25, 0.3) is 0 Å². The summed E-state index contributed by atoms with van der Waals surface area (Å²) in [7, 11) is -1.83. The first-order chi connectivity index (χ1) is 9.67. The van der Waals surface area contributed by atoms with Gasteiger partial charge in [-0.1, -0.05) is 18.2 Å². The Morgan fingerprint density at radius 1 is 0.950 bits per heavy atom. The fourth-order valence-electron chi connectivity index (χ4n) is 1.35. The quantitative estimate of drug-likeness (QED) is 0.478. The summed E-state index contributed by atoms with van der Waals surface area (Å²) in [5.41, 5.74) is 0. The van der Waals surface area contributed by atoms with Crippen LogP contribution in [0.3, 0.4) is 0 Å². The van der Waals surface area contributed by atoms with Gasteiger partial charge in [0.2, 0.25) is 0 Å². The minimum atomic E-state index is -3.68. The van der Waals surface area contributed by atoms with Crippen LogP contribution in [0.5, 0.6) is 0 Å². The molecule has 0 bridgehead atoms. The van der Waals surface area contributed by atoms with Crippen molar-refractivity contribution in [2.24, 2.45) is 0 Å². The monoisotopic (exact) mass is 303 g/mol. The van der Waals surface area contributed by atoms with Crippen LogP contribution in [0.4, 0.5) is 0 Å². The molecule has 0 fully saturated rings. The number of rotatable bonds is 11. The second kappa shape index (κ2) is 9.84. The summed E-state index contributed by atoms with van der Waals surface area (Å²) in [6, 6.07) is 8.03. The Morgan fingerprint density at radius 2 is 1.55 bits per heavy atom. The van der Waals surface area contributed by atoms with Crippen LogP contribution in [0.15, 0.2) is 35.2 Å². The summed E-state index contributed by atoms with van der Waals surface area (Å²) in [6.45, 7) is 2.51. The Bertz CT molecular complexity index is 449. The van der Waals surface area contributed by atoms with E-state index in [9.17, 15) is 8.42 Å². The lowest BCUT2D eigenvalue weighted by molar-refractivity contribution is 0.0384. The predicted octanol–water partition coefficient (Wildman–Crippen LogP) is 0.645. The van der Waals surface area contributed by atoms with Crippen molar-refractivity contribution < 1.29 is 22.1 Å². The Morgan fingerprint density at radius 3 is 2.20 bits per heavy atom. The molecule has 0 saturated carbocycles. The highest BCUT2D eigenvalue weighted by Crippen LogP contribution is 2.10. The average Bonchev–Trinajstić information content (AvgIpc) is 2.46. The summed E-state index contributed by atoms with van der Waals surface area (Å²) >= 11 is 0.